The topological polar surface area (TPSA) is 106 Å². The molecule has 0 atom stereocenters. The van der Waals surface area contributed by atoms with E-state index < -0.39 is 10.8 Å². The molecule has 0 heterocycles. The fraction of sp³-hybridized carbons (Fsp3) is 0.579. The lowest BCUT2D eigenvalue weighted by Crippen LogP contribution is -2.48. The van der Waals surface area contributed by atoms with E-state index in [1.165, 1.54) is 69.2 Å². The van der Waals surface area contributed by atoms with Crippen molar-refractivity contribution in [3.05, 3.63) is 34.4 Å². The van der Waals surface area contributed by atoms with E-state index in [1.807, 2.05) is 0 Å². The monoisotopic (exact) mass is 408 g/mol. The molecule has 1 aromatic carbocycles. The van der Waals surface area contributed by atoms with Crippen LogP contribution in [-0.2, 0) is 4.79 Å². The minimum Gasteiger partial charge on any atom is -0.484 e. The third-order valence-electron chi connectivity index (χ3n) is 4.78. The van der Waals surface area contributed by atoms with Crippen LogP contribution in [0.3, 0.4) is 0 Å². The van der Waals surface area contributed by atoms with Gasteiger partial charge in [-0.3, -0.25) is 25.8 Å². The van der Waals surface area contributed by atoms with Crippen LogP contribution in [0.1, 0.15) is 51.4 Å². The molecule has 1 fully saturated rings. The summed E-state index contributed by atoms with van der Waals surface area (Å²) in [5.74, 6) is 0.869. The number of unbranched alkanes of at least 4 members (excludes halogenated alkanes) is 1. The van der Waals surface area contributed by atoms with Gasteiger partial charge >= 0.3 is 0 Å². The molecule has 0 aliphatic heterocycles. The number of thiocarbonyl (C=S) groups is 1. The summed E-state index contributed by atoms with van der Waals surface area (Å²) >= 11 is 5.12. The predicted octanol–water partition coefficient (Wildman–Crippen LogP) is 3.22. The van der Waals surface area contributed by atoms with E-state index in [0.717, 1.165) is 18.9 Å². The number of nitrogens with one attached hydrogen (secondary N) is 3. The third kappa shape index (κ3) is 8.51. The minimum atomic E-state index is -0.496. The van der Waals surface area contributed by atoms with E-state index in [2.05, 4.69) is 16.2 Å². The number of nitro groups is 1. The lowest BCUT2D eigenvalue weighted by atomic mass is 9.86. The van der Waals surface area contributed by atoms with Crippen LogP contribution in [0.4, 0.5) is 5.69 Å². The molecule has 1 aliphatic carbocycles. The van der Waals surface area contributed by atoms with Crippen molar-refractivity contribution in [2.45, 2.75) is 51.4 Å². The summed E-state index contributed by atoms with van der Waals surface area (Å²) < 4.78 is 5.27. The van der Waals surface area contributed by atoms with Crippen LogP contribution in [0.5, 0.6) is 5.75 Å². The molecule has 1 amide bonds. The van der Waals surface area contributed by atoms with Gasteiger partial charge in [-0.15, -0.1) is 0 Å². The van der Waals surface area contributed by atoms with E-state index in [4.69, 9.17) is 17.0 Å². The fourth-order valence-electron chi connectivity index (χ4n) is 3.26. The van der Waals surface area contributed by atoms with E-state index in [0.29, 0.717) is 10.9 Å². The molecule has 8 nitrogen and oxygen atoms in total. The summed E-state index contributed by atoms with van der Waals surface area (Å²) in [5, 5.41) is 14.0. The van der Waals surface area contributed by atoms with Crippen molar-refractivity contribution in [1.29, 1.82) is 0 Å². The molecule has 154 valence electrons. The first-order valence-electron chi connectivity index (χ1n) is 9.74. The number of hydrogen-bond acceptors (Lipinski definition) is 5. The molecular formula is C19H28N4O4S. The van der Waals surface area contributed by atoms with Crippen molar-refractivity contribution in [2.24, 2.45) is 5.92 Å². The van der Waals surface area contributed by atoms with Crippen LogP contribution in [-0.4, -0.2) is 29.1 Å². The van der Waals surface area contributed by atoms with Gasteiger partial charge < -0.3 is 10.1 Å². The fourth-order valence-corrected chi connectivity index (χ4v) is 3.41. The molecule has 28 heavy (non-hydrogen) atoms. The van der Waals surface area contributed by atoms with Crippen LogP contribution in [0, 0.1) is 16.0 Å². The molecule has 0 saturated heterocycles. The second kappa shape index (κ2) is 12.1. The van der Waals surface area contributed by atoms with E-state index in [-0.39, 0.29) is 12.3 Å². The lowest BCUT2D eigenvalue weighted by molar-refractivity contribution is -0.384. The smallest absolute Gasteiger partial charge is 0.276 e. The van der Waals surface area contributed by atoms with Crippen molar-refractivity contribution in [3.8, 4) is 5.75 Å². The number of nitro benzene ring substituents is 1. The number of nitrogens with zero attached hydrogens (tertiary/aromatic N) is 1. The van der Waals surface area contributed by atoms with Crippen molar-refractivity contribution >= 4 is 28.9 Å². The molecule has 0 unspecified atom stereocenters. The third-order valence-corrected chi connectivity index (χ3v) is 5.03. The molecular weight excluding hydrogens is 380 g/mol. The van der Waals surface area contributed by atoms with Gasteiger partial charge in [0.25, 0.3) is 11.6 Å². The van der Waals surface area contributed by atoms with E-state index in [9.17, 15) is 14.9 Å². The standard InChI is InChI=1S/C19H28N4O4S/c24-18(14-27-17-11-9-16(10-12-17)23(25)26)21-22-19(28)20-13-5-4-8-15-6-2-1-3-7-15/h9-12,15H,1-8,13-14H2,(H,21,24)(H2,20,22,28). The number of rotatable bonds is 9. The van der Waals surface area contributed by atoms with Crippen molar-refractivity contribution in [3.63, 3.8) is 0 Å². The zero-order chi connectivity index (χ0) is 20.2. The lowest BCUT2D eigenvalue weighted by Gasteiger charge is -2.21. The Balaban J connectivity index is 1.50. The Morgan fingerprint density at radius 2 is 1.86 bits per heavy atom. The number of hydrogen-bond donors (Lipinski definition) is 3. The number of benzene rings is 1. The first-order valence-corrected chi connectivity index (χ1v) is 10.2. The maximum absolute atomic E-state index is 11.8. The number of non-ortho nitro benzene ring substituents is 1. The molecule has 1 aromatic rings. The zero-order valence-electron chi connectivity index (χ0n) is 15.9. The molecule has 0 aromatic heterocycles. The number of carbonyl (C=O) groups excluding carboxylic acids is 1. The highest BCUT2D eigenvalue weighted by Crippen LogP contribution is 2.27. The number of amides is 1. The maximum atomic E-state index is 11.8. The summed E-state index contributed by atoms with van der Waals surface area (Å²) in [5.41, 5.74) is 5.05. The van der Waals surface area contributed by atoms with Gasteiger partial charge in [0.15, 0.2) is 11.7 Å². The van der Waals surface area contributed by atoms with Crippen LogP contribution in [0.25, 0.3) is 0 Å². The summed E-state index contributed by atoms with van der Waals surface area (Å²) in [4.78, 5) is 21.8. The second-order valence-corrected chi connectivity index (χ2v) is 7.38. The zero-order valence-corrected chi connectivity index (χ0v) is 16.8. The van der Waals surface area contributed by atoms with Crippen LogP contribution >= 0.6 is 12.2 Å². The van der Waals surface area contributed by atoms with Crippen molar-refractivity contribution in [1.82, 2.24) is 16.2 Å². The average Bonchev–Trinajstić information content (AvgIpc) is 2.71. The Bertz CT molecular complexity index is 648. The largest absolute Gasteiger partial charge is 0.484 e. The Morgan fingerprint density at radius 1 is 1.14 bits per heavy atom. The summed E-state index contributed by atoms with van der Waals surface area (Å²) in [6.07, 6.45) is 10.4. The van der Waals surface area contributed by atoms with Crippen molar-refractivity contribution in [2.75, 3.05) is 13.2 Å². The van der Waals surface area contributed by atoms with Gasteiger partial charge in [0.1, 0.15) is 5.75 Å². The Morgan fingerprint density at radius 3 is 2.54 bits per heavy atom. The number of carbonyl (C=O) groups is 1. The highest BCUT2D eigenvalue weighted by Gasteiger charge is 2.12. The Kier molecular flexibility index (Phi) is 9.47. The quantitative estimate of drug-likeness (QED) is 0.249. The second-order valence-electron chi connectivity index (χ2n) is 6.97. The summed E-state index contributed by atoms with van der Waals surface area (Å²) in [6.45, 7) is 0.544. The molecule has 1 saturated carbocycles. The molecule has 0 spiro atoms. The van der Waals surface area contributed by atoms with Crippen LogP contribution in [0.2, 0.25) is 0 Å². The van der Waals surface area contributed by atoms with Crippen molar-refractivity contribution < 1.29 is 14.5 Å². The van der Waals surface area contributed by atoms with Gasteiger partial charge in [-0.2, -0.15) is 0 Å². The molecule has 0 radical (unpaired) electrons. The van der Waals surface area contributed by atoms with Gasteiger partial charge in [-0.05, 0) is 36.7 Å². The van der Waals surface area contributed by atoms with E-state index >= 15 is 0 Å². The maximum Gasteiger partial charge on any atom is 0.276 e. The molecule has 2 rings (SSSR count). The van der Waals surface area contributed by atoms with Gasteiger partial charge in [0.2, 0.25) is 0 Å². The summed E-state index contributed by atoms with van der Waals surface area (Å²) in [6, 6.07) is 5.52. The van der Waals surface area contributed by atoms with Gasteiger partial charge in [0.05, 0.1) is 4.92 Å². The van der Waals surface area contributed by atoms with Crippen LogP contribution < -0.4 is 20.9 Å². The normalized spacial score (nSPS) is 14.1. The van der Waals surface area contributed by atoms with Gasteiger partial charge in [0, 0.05) is 18.7 Å². The average molecular weight is 409 g/mol. The number of hydrazine groups is 1. The first kappa shape index (κ1) is 21.9. The molecule has 1 aliphatic rings. The van der Waals surface area contributed by atoms with Gasteiger partial charge in [-0.25, -0.2) is 0 Å². The molecule has 0 bridgehead atoms. The highest BCUT2D eigenvalue weighted by atomic mass is 32.1. The minimum absolute atomic E-state index is 0.0337. The SMILES string of the molecule is O=C(COc1ccc([N+](=O)[O-])cc1)NNC(=S)NCCCCC1CCCCC1. The number of ether oxygens (including phenoxy) is 1. The highest BCUT2D eigenvalue weighted by molar-refractivity contribution is 7.80. The molecule has 9 heteroatoms. The van der Waals surface area contributed by atoms with Crippen LogP contribution in [0.15, 0.2) is 24.3 Å². The molecule has 3 N–H and O–H groups in total. The Labute approximate surface area is 170 Å². The summed E-state index contributed by atoms with van der Waals surface area (Å²) in [7, 11) is 0. The predicted molar refractivity (Wildman–Crippen MR) is 111 cm³/mol. The Hall–Kier alpha value is -2.42. The first-order chi connectivity index (χ1) is 13.5. The van der Waals surface area contributed by atoms with E-state index in [1.54, 1.807) is 0 Å². The van der Waals surface area contributed by atoms with Gasteiger partial charge in [-0.1, -0.05) is 44.9 Å².